The highest BCUT2D eigenvalue weighted by molar-refractivity contribution is 6.30. The molecule has 0 radical (unpaired) electrons. The first-order chi connectivity index (χ1) is 18.2. The molecule has 0 unspecified atom stereocenters. The van der Waals surface area contributed by atoms with Crippen molar-refractivity contribution in [1.29, 1.82) is 0 Å². The summed E-state index contributed by atoms with van der Waals surface area (Å²) in [6, 6.07) is 13.0. The average Bonchev–Trinajstić information content (AvgIpc) is 2.89. The fourth-order valence-corrected chi connectivity index (χ4v) is 5.29. The van der Waals surface area contributed by atoms with E-state index in [9.17, 15) is 18.0 Å². The van der Waals surface area contributed by atoms with Gasteiger partial charge in [0.25, 0.3) is 5.91 Å². The van der Waals surface area contributed by atoms with Gasteiger partial charge in [-0.15, -0.1) is 0 Å². The number of nitrogens with one attached hydrogen (secondary N) is 2. The van der Waals surface area contributed by atoms with Crippen LogP contribution in [0.5, 0.6) is 0 Å². The van der Waals surface area contributed by atoms with Gasteiger partial charge in [-0.3, -0.25) is 4.79 Å². The lowest BCUT2D eigenvalue weighted by molar-refractivity contribution is -0.138. The summed E-state index contributed by atoms with van der Waals surface area (Å²) in [6.45, 7) is 2.92. The van der Waals surface area contributed by atoms with Crippen molar-refractivity contribution in [3.8, 4) is 11.1 Å². The number of carbonyl (C=O) groups is 1. The molecule has 1 saturated heterocycles. The second kappa shape index (κ2) is 10.8. The van der Waals surface area contributed by atoms with Crippen LogP contribution in [0.3, 0.4) is 0 Å². The minimum Gasteiger partial charge on any atom is -0.367 e. The van der Waals surface area contributed by atoms with Gasteiger partial charge < -0.3 is 20.4 Å². The Morgan fingerprint density at radius 3 is 2.66 bits per heavy atom. The van der Waals surface area contributed by atoms with Gasteiger partial charge in [-0.05, 0) is 74.4 Å². The zero-order valence-electron chi connectivity index (χ0n) is 21.0. The quantitative estimate of drug-likeness (QED) is 0.434. The van der Waals surface area contributed by atoms with E-state index < -0.39 is 11.7 Å². The summed E-state index contributed by atoms with van der Waals surface area (Å²) in [7, 11) is 2.07. The van der Waals surface area contributed by atoms with Crippen LogP contribution in [0, 0.1) is 0 Å². The van der Waals surface area contributed by atoms with E-state index in [1.54, 1.807) is 12.3 Å². The second-order valence-corrected chi connectivity index (χ2v) is 10.3. The van der Waals surface area contributed by atoms with Crippen LogP contribution >= 0.6 is 11.6 Å². The van der Waals surface area contributed by atoms with Gasteiger partial charge in [0.2, 0.25) is 0 Å². The Balaban J connectivity index is 1.44. The highest BCUT2D eigenvalue weighted by atomic mass is 35.5. The number of pyridine rings is 1. The summed E-state index contributed by atoms with van der Waals surface area (Å²) in [5.41, 5.74) is 2.04. The highest BCUT2D eigenvalue weighted by Gasteiger charge is 2.34. The van der Waals surface area contributed by atoms with Gasteiger partial charge in [0, 0.05) is 48.0 Å². The predicted octanol–water partition coefficient (Wildman–Crippen LogP) is 5.68. The predicted molar refractivity (Wildman–Crippen MR) is 144 cm³/mol. The van der Waals surface area contributed by atoms with Crippen LogP contribution in [0.1, 0.15) is 34.3 Å². The Morgan fingerprint density at radius 1 is 1.13 bits per heavy atom. The number of halogens is 4. The number of benzene rings is 2. The Kier molecular flexibility index (Phi) is 7.49. The van der Waals surface area contributed by atoms with Gasteiger partial charge >= 0.3 is 6.18 Å². The summed E-state index contributed by atoms with van der Waals surface area (Å²) < 4.78 is 41.1. The largest absolute Gasteiger partial charge is 0.416 e. The SMILES string of the molecule is CN1CCC(NC(=O)c2ccccc2-c2cnc3c(c2)N(Cc2cc(Cl)ccc2C(F)(F)F)CCN3)CC1. The fraction of sp³-hybridized carbons (Fsp3) is 0.357. The molecule has 10 heteroatoms. The minimum absolute atomic E-state index is 0.0213. The molecule has 0 saturated carbocycles. The van der Waals surface area contributed by atoms with E-state index in [-0.39, 0.29) is 29.1 Å². The zero-order chi connectivity index (χ0) is 26.9. The Labute approximate surface area is 224 Å². The molecule has 0 atom stereocenters. The number of alkyl halides is 3. The Morgan fingerprint density at radius 2 is 1.89 bits per heavy atom. The summed E-state index contributed by atoms with van der Waals surface area (Å²) in [5.74, 6) is 0.445. The van der Waals surface area contributed by atoms with Crippen molar-refractivity contribution in [1.82, 2.24) is 15.2 Å². The van der Waals surface area contributed by atoms with E-state index in [1.807, 2.05) is 29.2 Å². The number of nitrogens with zero attached hydrogens (tertiary/aromatic N) is 3. The van der Waals surface area contributed by atoms with E-state index in [1.165, 1.54) is 12.1 Å². The van der Waals surface area contributed by atoms with Gasteiger partial charge in [-0.1, -0.05) is 29.8 Å². The zero-order valence-corrected chi connectivity index (χ0v) is 21.7. The minimum atomic E-state index is -4.49. The van der Waals surface area contributed by atoms with Crippen molar-refractivity contribution in [2.45, 2.75) is 31.6 Å². The molecule has 0 aliphatic carbocycles. The number of piperidine rings is 1. The Hall–Kier alpha value is -3.30. The number of amides is 1. The van der Waals surface area contributed by atoms with Crippen LogP contribution in [0.25, 0.3) is 11.1 Å². The number of likely N-dealkylation sites (tertiary alicyclic amines) is 1. The first-order valence-corrected chi connectivity index (χ1v) is 13.0. The third kappa shape index (κ3) is 5.73. The molecule has 2 aliphatic rings. The van der Waals surface area contributed by atoms with Crippen LogP contribution in [-0.2, 0) is 12.7 Å². The monoisotopic (exact) mass is 543 g/mol. The molecule has 0 bridgehead atoms. The molecular formula is C28H29ClF3N5O. The molecule has 0 spiro atoms. The van der Waals surface area contributed by atoms with E-state index in [0.717, 1.165) is 37.6 Å². The van der Waals surface area contributed by atoms with Crippen LogP contribution in [-0.4, -0.2) is 55.1 Å². The molecule has 3 aromatic rings. The molecule has 38 heavy (non-hydrogen) atoms. The van der Waals surface area contributed by atoms with Crippen LogP contribution in [0.2, 0.25) is 5.02 Å². The van der Waals surface area contributed by atoms with Gasteiger partial charge in [0.15, 0.2) is 0 Å². The molecule has 5 rings (SSSR count). The van der Waals surface area contributed by atoms with Crippen molar-refractivity contribution in [2.75, 3.05) is 43.4 Å². The standard InChI is InChI=1S/C28H29ClF3N5O/c1-36-11-8-21(9-12-36)35-27(38)23-5-3-2-4-22(23)18-15-25-26(34-16-18)33-10-13-37(25)17-19-14-20(29)6-7-24(19)28(30,31)32/h2-7,14-16,21H,8-13,17H2,1H3,(H,33,34)(H,35,38). The van der Waals surface area contributed by atoms with Crippen molar-refractivity contribution in [3.05, 3.63) is 76.4 Å². The third-order valence-electron chi connectivity index (χ3n) is 7.15. The number of hydrogen-bond donors (Lipinski definition) is 2. The summed E-state index contributed by atoms with van der Waals surface area (Å²) in [4.78, 5) is 21.9. The van der Waals surface area contributed by atoms with Gasteiger partial charge in [0.05, 0.1) is 11.3 Å². The lowest BCUT2D eigenvalue weighted by atomic mass is 9.98. The van der Waals surface area contributed by atoms with Crippen molar-refractivity contribution >= 4 is 29.0 Å². The summed E-state index contributed by atoms with van der Waals surface area (Å²) in [5, 5.41) is 6.64. The van der Waals surface area contributed by atoms with Crippen LogP contribution < -0.4 is 15.5 Å². The smallest absolute Gasteiger partial charge is 0.367 e. The maximum Gasteiger partial charge on any atom is 0.416 e. The van der Waals surface area contributed by atoms with E-state index in [0.29, 0.717) is 35.7 Å². The van der Waals surface area contributed by atoms with E-state index in [4.69, 9.17) is 11.6 Å². The molecule has 200 valence electrons. The first-order valence-electron chi connectivity index (χ1n) is 12.6. The van der Waals surface area contributed by atoms with E-state index >= 15 is 0 Å². The lowest BCUT2D eigenvalue weighted by Gasteiger charge is -2.32. The van der Waals surface area contributed by atoms with Crippen molar-refractivity contribution < 1.29 is 18.0 Å². The van der Waals surface area contributed by atoms with Crippen LogP contribution in [0.4, 0.5) is 24.7 Å². The van der Waals surface area contributed by atoms with Gasteiger partial charge in [0.1, 0.15) is 5.82 Å². The molecular weight excluding hydrogens is 515 g/mol. The molecule has 2 aromatic carbocycles. The molecule has 3 heterocycles. The van der Waals surface area contributed by atoms with Gasteiger partial charge in [-0.25, -0.2) is 4.98 Å². The third-order valence-corrected chi connectivity index (χ3v) is 7.39. The molecule has 1 fully saturated rings. The summed E-state index contributed by atoms with van der Waals surface area (Å²) >= 11 is 6.06. The maximum absolute atomic E-state index is 13.7. The number of anilines is 2. The van der Waals surface area contributed by atoms with E-state index in [2.05, 4.69) is 27.6 Å². The average molecular weight is 544 g/mol. The lowest BCUT2D eigenvalue weighted by Crippen LogP contribution is -2.43. The normalized spacial score (nSPS) is 16.6. The first kappa shape index (κ1) is 26.3. The van der Waals surface area contributed by atoms with Gasteiger partial charge in [-0.2, -0.15) is 13.2 Å². The molecule has 1 amide bonds. The van der Waals surface area contributed by atoms with Crippen LogP contribution in [0.15, 0.2) is 54.7 Å². The number of carbonyl (C=O) groups excluding carboxylic acids is 1. The molecule has 2 N–H and O–H groups in total. The molecule has 1 aromatic heterocycles. The molecule has 2 aliphatic heterocycles. The molecule has 6 nitrogen and oxygen atoms in total. The fourth-order valence-electron chi connectivity index (χ4n) is 5.10. The van der Waals surface area contributed by atoms with Crippen molar-refractivity contribution in [2.24, 2.45) is 0 Å². The number of hydrogen-bond acceptors (Lipinski definition) is 5. The number of rotatable bonds is 5. The second-order valence-electron chi connectivity index (χ2n) is 9.84. The summed E-state index contributed by atoms with van der Waals surface area (Å²) in [6.07, 6.45) is -1.00. The topological polar surface area (TPSA) is 60.5 Å². The Bertz CT molecular complexity index is 1320. The number of aromatic nitrogens is 1. The maximum atomic E-state index is 13.7. The van der Waals surface area contributed by atoms with Crippen molar-refractivity contribution in [3.63, 3.8) is 0 Å². The highest BCUT2D eigenvalue weighted by Crippen LogP contribution is 2.37. The number of fused-ring (bicyclic) bond motifs is 1.